The highest BCUT2D eigenvalue weighted by atomic mass is 15.0. The predicted molar refractivity (Wildman–Crippen MR) is 208 cm³/mol. The van der Waals surface area contributed by atoms with E-state index in [0.717, 1.165) is 5.69 Å². The first-order valence-corrected chi connectivity index (χ1v) is 16.8. The van der Waals surface area contributed by atoms with Crippen molar-refractivity contribution in [1.82, 2.24) is 4.57 Å². The van der Waals surface area contributed by atoms with Crippen molar-refractivity contribution in [2.24, 2.45) is 0 Å². The van der Waals surface area contributed by atoms with Gasteiger partial charge in [0.15, 0.2) is 0 Å². The molecule has 1 nitrogen and oxygen atoms in total. The molecule has 0 radical (unpaired) electrons. The van der Waals surface area contributed by atoms with Gasteiger partial charge in [0, 0.05) is 16.5 Å². The second-order valence-corrected chi connectivity index (χ2v) is 12.6. The molecule has 1 aromatic heterocycles. The van der Waals surface area contributed by atoms with Gasteiger partial charge in [0.1, 0.15) is 0 Å². The maximum Gasteiger partial charge on any atom is 0.0541 e. The van der Waals surface area contributed by atoms with Crippen molar-refractivity contribution in [2.45, 2.75) is 0 Å². The molecule has 0 fully saturated rings. The summed E-state index contributed by atoms with van der Waals surface area (Å²) in [5.74, 6) is 0. The average Bonchev–Trinajstić information content (AvgIpc) is 3.52. The van der Waals surface area contributed by atoms with Gasteiger partial charge in [0.05, 0.1) is 11.0 Å². The highest BCUT2D eigenvalue weighted by Gasteiger charge is 2.15. The van der Waals surface area contributed by atoms with Crippen molar-refractivity contribution in [3.63, 3.8) is 0 Å². The van der Waals surface area contributed by atoms with Gasteiger partial charge in [0.2, 0.25) is 0 Å². The minimum absolute atomic E-state index is 1.15. The van der Waals surface area contributed by atoms with Gasteiger partial charge >= 0.3 is 0 Å². The van der Waals surface area contributed by atoms with Gasteiger partial charge in [-0.1, -0.05) is 152 Å². The summed E-state index contributed by atoms with van der Waals surface area (Å²) in [4.78, 5) is 0. The first kappa shape index (κ1) is 28.8. The van der Waals surface area contributed by atoms with E-state index in [9.17, 15) is 0 Å². The molecule has 0 bridgehead atoms. The Morgan fingerprint density at radius 1 is 0.224 bits per heavy atom. The molecule has 0 aliphatic rings. The van der Waals surface area contributed by atoms with Crippen LogP contribution in [0.5, 0.6) is 0 Å². The average molecular weight is 624 g/mol. The molecule has 0 N–H and O–H groups in total. The van der Waals surface area contributed by atoms with Crippen molar-refractivity contribution in [3.8, 4) is 61.3 Å². The molecule has 0 saturated heterocycles. The largest absolute Gasteiger partial charge is 0.309 e. The summed E-state index contributed by atoms with van der Waals surface area (Å²) < 4.78 is 2.41. The first-order valence-electron chi connectivity index (χ1n) is 16.8. The van der Waals surface area contributed by atoms with E-state index in [1.165, 1.54) is 77.4 Å². The summed E-state index contributed by atoms with van der Waals surface area (Å²) >= 11 is 0. The molecule has 8 aromatic carbocycles. The fraction of sp³-hybridized carbons (Fsp3) is 0. The third-order valence-electron chi connectivity index (χ3n) is 9.60. The SMILES string of the molecule is c1ccc(-c2ccc(-n3c4ccc(-c5cccc(-c6ccccc6)c5)cc4c4cc(-c5cccc(-c6ccccc6)c5)ccc43)cc2)cc1. The zero-order valence-electron chi connectivity index (χ0n) is 27.0. The van der Waals surface area contributed by atoms with Gasteiger partial charge in [-0.15, -0.1) is 0 Å². The van der Waals surface area contributed by atoms with Crippen molar-refractivity contribution < 1.29 is 0 Å². The molecule has 1 heterocycles. The van der Waals surface area contributed by atoms with Gasteiger partial charge in [-0.3, -0.25) is 0 Å². The lowest BCUT2D eigenvalue weighted by atomic mass is 9.96. The molecule has 0 spiro atoms. The van der Waals surface area contributed by atoms with E-state index in [4.69, 9.17) is 0 Å². The van der Waals surface area contributed by atoms with Crippen LogP contribution in [0.15, 0.2) is 200 Å². The number of fused-ring (bicyclic) bond motifs is 3. The van der Waals surface area contributed by atoms with E-state index in [1.807, 2.05) is 0 Å². The van der Waals surface area contributed by atoms with Crippen LogP contribution in [-0.2, 0) is 0 Å². The highest BCUT2D eigenvalue weighted by molar-refractivity contribution is 6.11. The molecule has 0 aliphatic heterocycles. The lowest BCUT2D eigenvalue weighted by molar-refractivity contribution is 1.18. The second-order valence-electron chi connectivity index (χ2n) is 12.6. The molecule has 0 atom stereocenters. The van der Waals surface area contributed by atoms with Crippen LogP contribution in [0.3, 0.4) is 0 Å². The standard InChI is InChI=1S/C48H33N/c1-4-12-34(13-5-1)37-22-26-44(27-23-37)49-47-28-24-42(40-20-10-18-38(30-40)35-14-6-2-7-15-35)32-45(47)46-33-43(25-29-48(46)49)41-21-11-19-39(31-41)36-16-8-3-9-17-36/h1-33H. The van der Waals surface area contributed by atoms with Crippen LogP contribution in [0, 0.1) is 0 Å². The highest BCUT2D eigenvalue weighted by Crippen LogP contribution is 2.38. The van der Waals surface area contributed by atoms with Crippen LogP contribution in [0.1, 0.15) is 0 Å². The van der Waals surface area contributed by atoms with E-state index in [-0.39, 0.29) is 0 Å². The molecule has 0 amide bonds. The van der Waals surface area contributed by atoms with Crippen molar-refractivity contribution in [3.05, 3.63) is 200 Å². The molecule has 9 aromatic rings. The van der Waals surface area contributed by atoms with Gasteiger partial charge < -0.3 is 4.57 Å². The quantitative estimate of drug-likeness (QED) is 0.174. The van der Waals surface area contributed by atoms with Crippen LogP contribution < -0.4 is 0 Å². The number of hydrogen-bond donors (Lipinski definition) is 0. The summed E-state index contributed by atoms with van der Waals surface area (Å²) in [6.07, 6.45) is 0. The molecular weight excluding hydrogens is 591 g/mol. The van der Waals surface area contributed by atoms with Gasteiger partial charge in [0.25, 0.3) is 0 Å². The van der Waals surface area contributed by atoms with Crippen LogP contribution in [0.25, 0.3) is 83.1 Å². The fourth-order valence-corrected chi connectivity index (χ4v) is 7.11. The van der Waals surface area contributed by atoms with Gasteiger partial charge in [-0.25, -0.2) is 0 Å². The van der Waals surface area contributed by atoms with Crippen molar-refractivity contribution in [2.75, 3.05) is 0 Å². The van der Waals surface area contributed by atoms with Crippen molar-refractivity contribution >= 4 is 21.8 Å². The third kappa shape index (κ3) is 5.42. The van der Waals surface area contributed by atoms with E-state index in [1.54, 1.807) is 0 Å². The van der Waals surface area contributed by atoms with E-state index < -0.39 is 0 Å². The lowest BCUT2D eigenvalue weighted by Gasteiger charge is -2.11. The van der Waals surface area contributed by atoms with Crippen LogP contribution in [0.2, 0.25) is 0 Å². The van der Waals surface area contributed by atoms with Crippen LogP contribution in [-0.4, -0.2) is 4.57 Å². The predicted octanol–water partition coefficient (Wildman–Crippen LogP) is 13.1. The van der Waals surface area contributed by atoms with Crippen LogP contribution >= 0.6 is 0 Å². The molecular formula is C48H33N. The van der Waals surface area contributed by atoms with Crippen molar-refractivity contribution in [1.29, 1.82) is 0 Å². The number of benzene rings is 8. The van der Waals surface area contributed by atoms with Gasteiger partial charge in [-0.05, 0) is 104 Å². The Hall–Kier alpha value is -6.44. The van der Waals surface area contributed by atoms with E-state index in [2.05, 4.69) is 205 Å². The first-order chi connectivity index (χ1) is 24.3. The third-order valence-corrected chi connectivity index (χ3v) is 9.60. The topological polar surface area (TPSA) is 4.93 Å². The normalized spacial score (nSPS) is 11.3. The fourth-order valence-electron chi connectivity index (χ4n) is 7.11. The Bertz CT molecular complexity index is 2420. The van der Waals surface area contributed by atoms with E-state index in [0.29, 0.717) is 0 Å². The summed E-state index contributed by atoms with van der Waals surface area (Å²) in [5.41, 5.74) is 15.7. The zero-order chi connectivity index (χ0) is 32.6. The molecule has 0 unspecified atom stereocenters. The van der Waals surface area contributed by atoms with Crippen LogP contribution in [0.4, 0.5) is 0 Å². The Kier molecular flexibility index (Phi) is 7.22. The zero-order valence-corrected chi connectivity index (χ0v) is 27.0. The Balaban J connectivity index is 1.21. The summed E-state index contributed by atoms with van der Waals surface area (Å²) in [5, 5.41) is 2.48. The summed E-state index contributed by atoms with van der Waals surface area (Å²) in [6, 6.07) is 72.4. The Labute approximate surface area is 287 Å². The molecule has 49 heavy (non-hydrogen) atoms. The lowest BCUT2D eigenvalue weighted by Crippen LogP contribution is -1.94. The minimum Gasteiger partial charge on any atom is -0.309 e. The Morgan fingerprint density at radius 3 is 0.959 bits per heavy atom. The number of hydrogen-bond acceptors (Lipinski definition) is 0. The minimum atomic E-state index is 1.15. The molecule has 0 saturated carbocycles. The smallest absolute Gasteiger partial charge is 0.0541 e. The Morgan fingerprint density at radius 2 is 0.531 bits per heavy atom. The molecule has 230 valence electrons. The summed E-state index contributed by atoms with van der Waals surface area (Å²) in [7, 11) is 0. The second kappa shape index (κ2) is 12.3. The van der Waals surface area contributed by atoms with E-state index >= 15 is 0 Å². The number of rotatable bonds is 6. The molecule has 0 aliphatic carbocycles. The maximum absolute atomic E-state index is 2.41. The monoisotopic (exact) mass is 623 g/mol. The summed E-state index contributed by atoms with van der Waals surface area (Å²) in [6.45, 7) is 0. The molecule has 9 rings (SSSR count). The number of aromatic nitrogens is 1. The molecule has 1 heteroatoms. The van der Waals surface area contributed by atoms with Gasteiger partial charge in [-0.2, -0.15) is 0 Å². The number of nitrogens with zero attached hydrogens (tertiary/aromatic N) is 1. The maximum atomic E-state index is 2.41.